The largest absolute Gasteiger partial charge is 0.481 e. The molecule has 3 heterocycles. The zero-order valence-corrected chi connectivity index (χ0v) is 11.7. The SMILES string of the molecule is O=C(O)C1CC2CCC1N2C(=O)c1cccc(Br)n1. The maximum Gasteiger partial charge on any atom is 0.308 e. The van der Waals surface area contributed by atoms with Gasteiger partial charge in [0.15, 0.2) is 0 Å². The Hall–Kier alpha value is -1.43. The van der Waals surface area contributed by atoms with Crippen molar-refractivity contribution in [2.24, 2.45) is 5.92 Å². The van der Waals surface area contributed by atoms with E-state index in [1.807, 2.05) is 0 Å². The molecule has 2 aliphatic rings. The summed E-state index contributed by atoms with van der Waals surface area (Å²) in [6, 6.07) is 5.07. The second-order valence-electron chi connectivity index (χ2n) is 5.04. The molecule has 3 unspecified atom stereocenters. The Labute approximate surface area is 118 Å². The molecule has 0 spiro atoms. The molecule has 1 aromatic heterocycles. The highest BCUT2D eigenvalue weighted by Gasteiger charge is 2.51. The number of halogens is 1. The third-order valence-electron chi connectivity index (χ3n) is 4.02. The van der Waals surface area contributed by atoms with Gasteiger partial charge in [-0.3, -0.25) is 9.59 Å². The first kappa shape index (κ1) is 12.6. The van der Waals surface area contributed by atoms with Crippen LogP contribution in [0.4, 0.5) is 0 Å². The number of rotatable bonds is 2. The molecule has 5 nitrogen and oxygen atoms in total. The van der Waals surface area contributed by atoms with Gasteiger partial charge in [-0.1, -0.05) is 6.07 Å². The van der Waals surface area contributed by atoms with E-state index < -0.39 is 11.9 Å². The van der Waals surface area contributed by atoms with Crippen molar-refractivity contribution in [3.05, 3.63) is 28.5 Å². The molecule has 0 radical (unpaired) electrons. The van der Waals surface area contributed by atoms with Crippen LogP contribution in [0.25, 0.3) is 0 Å². The van der Waals surface area contributed by atoms with E-state index in [0.29, 0.717) is 16.7 Å². The van der Waals surface area contributed by atoms with E-state index in [-0.39, 0.29) is 18.0 Å². The summed E-state index contributed by atoms with van der Waals surface area (Å²) in [7, 11) is 0. The quantitative estimate of drug-likeness (QED) is 0.844. The second-order valence-corrected chi connectivity index (χ2v) is 5.85. The highest BCUT2D eigenvalue weighted by molar-refractivity contribution is 9.10. The number of amides is 1. The normalized spacial score (nSPS) is 28.7. The zero-order valence-electron chi connectivity index (χ0n) is 10.1. The number of hydrogen-bond acceptors (Lipinski definition) is 3. The molecule has 19 heavy (non-hydrogen) atoms. The number of hydrogen-bond donors (Lipinski definition) is 1. The number of aliphatic carboxylic acids is 1. The molecule has 2 bridgehead atoms. The zero-order chi connectivity index (χ0) is 13.6. The fraction of sp³-hybridized carbons (Fsp3) is 0.462. The molecule has 100 valence electrons. The summed E-state index contributed by atoms with van der Waals surface area (Å²) in [5.41, 5.74) is 0.373. The molecule has 2 saturated heterocycles. The van der Waals surface area contributed by atoms with Crippen LogP contribution >= 0.6 is 15.9 Å². The van der Waals surface area contributed by atoms with Crippen molar-refractivity contribution in [1.82, 2.24) is 9.88 Å². The smallest absolute Gasteiger partial charge is 0.308 e. The number of pyridine rings is 1. The van der Waals surface area contributed by atoms with E-state index in [1.165, 1.54) is 0 Å². The molecule has 0 aliphatic carbocycles. The van der Waals surface area contributed by atoms with Gasteiger partial charge in [-0.25, -0.2) is 4.98 Å². The molecule has 2 aliphatic heterocycles. The van der Waals surface area contributed by atoms with Gasteiger partial charge in [0.05, 0.1) is 5.92 Å². The Kier molecular flexibility index (Phi) is 3.05. The summed E-state index contributed by atoms with van der Waals surface area (Å²) >= 11 is 3.24. The molecule has 3 rings (SSSR count). The number of nitrogens with zero attached hydrogens (tertiary/aromatic N) is 2. The number of carbonyl (C=O) groups is 2. The van der Waals surface area contributed by atoms with Crippen molar-refractivity contribution in [3.8, 4) is 0 Å². The lowest BCUT2D eigenvalue weighted by molar-refractivity contribution is -0.142. The number of aromatic nitrogens is 1. The molecule has 1 amide bonds. The minimum atomic E-state index is -0.799. The highest BCUT2D eigenvalue weighted by Crippen LogP contribution is 2.42. The van der Waals surface area contributed by atoms with Crippen LogP contribution in [0.3, 0.4) is 0 Å². The summed E-state index contributed by atoms with van der Waals surface area (Å²) in [6.45, 7) is 0. The van der Waals surface area contributed by atoms with E-state index in [1.54, 1.807) is 23.1 Å². The second kappa shape index (κ2) is 4.59. The molecule has 1 N–H and O–H groups in total. The van der Waals surface area contributed by atoms with Crippen molar-refractivity contribution in [2.75, 3.05) is 0 Å². The predicted octanol–water partition coefficient (Wildman–Crippen LogP) is 1.92. The first-order valence-corrected chi connectivity index (χ1v) is 7.05. The van der Waals surface area contributed by atoms with E-state index in [4.69, 9.17) is 0 Å². The lowest BCUT2D eigenvalue weighted by Gasteiger charge is -2.22. The number of carbonyl (C=O) groups excluding carboxylic acids is 1. The minimum Gasteiger partial charge on any atom is -0.481 e. The van der Waals surface area contributed by atoms with E-state index in [9.17, 15) is 14.7 Å². The first-order valence-electron chi connectivity index (χ1n) is 6.26. The predicted molar refractivity (Wildman–Crippen MR) is 70.7 cm³/mol. The summed E-state index contributed by atoms with van der Waals surface area (Å²) in [5, 5.41) is 9.19. The van der Waals surface area contributed by atoms with E-state index in [0.717, 1.165) is 12.8 Å². The Balaban J connectivity index is 1.87. The highest BCUT2D eigenvalue weighted by atomic mass is 79.9. The lowest BCUT2D eigenvalue weighted by atomic mass is 9.89. The Morgan fingerprint density at radius 3 is 2.79 bits per heavy atom. The summed E-state index contributed by atoms with van der Waals surface area (Å²) in [6.07, 6.45) is 2.25. The van der Waals surface area contributed by atoms with Crippen molar-refractivity contribution in [1.29, 1.82) is 0 Å². The van der Waals surface area contributed by atoms with Gasteiger partial charge in [-0.2, -0.15) is 0 Å². The maximum atomic E-state index is 12.5. The third kappa shape index (κ3) is 2.04. The minimum absolute atomic E-state index is 0.0550. The average molecular weight is 325 g/mol. The third-order valence-corrected chi connectivity index (χ3v) is 4.46. The monoisotopic (exact) mass is 324 g/mol. The van der Waals surface area contributed by atoms with Gasteiger partial charge in [0.2, 0.25) is 0 Å². The van der Waals surface area contributed by atoms with Crippen molar-refractivity contribution in [2.45, 2.75) is 31.3 Å². The molecule has 6 heteroatoms. The Bertz CT molecular complexity index is 548. The molecule has 0 saturated carbocycles. The Morgan fingerprint density at radius 2 is 2.16 bits per heavy atom. The molecular formula is C13H13BrN2O3. The van der Waals surface area contributed by atoms with Gasteiger partial charge < -0.3 is 10.0 Å². The fourth-order valence-electron chi connectivity index (χ4n) is 3.23. The fourth-order valence-corrected chi connectivity index (χ4v) is 3.57. The van der Waals surface area contributed by atoms with Gasteiger partial charge in [0.1, 0.15) is 10.3 Å². The number of fused-ring (bicyclic) bond motifs is 2. The van der Waals surface area contributed by atoms with Gasteiger partial charge in [0, 0.05) is 12.1 Å². The molecule has 0 aromatic carbocycles. The van der Waals surface area contributed by atoms with Crippen molar-refractivity contribution < 1.29 is 14.7 Å². The van der Waals surface area contributed by atoms with Crippen LogP contribution in [-0.4, -0.2) is 39.0 Å². The molecular weight excluding hydrogens is 312 g/mol. The van der Waals surface area contributed by atoms with Crippen LogP contribution in [0.1, 0.15) is 29.8 Å². The van der Waals surface area contributed by atoms with Crippen LogP contribution in [0.5, 0.6) is 0 Å². The number of carboxylic acid groups (broad SMARTS) is 1. The Morgan fingerprint density at radius 1 is 1.37 bits per heavy atom. The van der Waals surface area contributed by atoms with Gasteiger partial charge >= 0.3 is 5.97 Å². The van der Waals surface area contributed by atoms with Crippen LogP contribution in [0.2, 0.25) is 0 Å². The standard InChI is InChI=1S/C13H13BrN2O3/c14-11-3-1-2-9(15-11)12(17)16-7-4-5-10(16)8(6-7)13(18)19/h1-3,7-8,10H,4-6H2,(H,18,19). The summed E-state index contributed by atoms with van der Waals surface area (Å²) in [4.78, 5) is 29.6. The van der Waals surface area contributed by atoms with E-state index in [2.05, 4.69) is 20.9 Å². The summed E-state index contributed by atoms with van der Waals surface area (Å²) in [5.74, 6) is -1.38. The summed E-state index contributed by atoms with van der Waals surface area (Å²) < 4.78 is 0.611. The number of carboxylic acids is 1. The van der Waals surface area contributed by atoms with Gasteiger partial charge in [0.25, 0.3) is 5.91 Å². The molecule has 1 aromatic rings. The van der Waals surface area contributed by atoms with Crippen molar-refractivity contribution >= 4 is 27.8 Å². The molecule has 3 atom stereocenters. The van der Waals surface area contributed by atoms with Crippen LogP contribution in [-0.2, 0) is 4.79 Å². The van der Waals surface area contributed by atoms with Crippen molar-refractivity contribution in [3.63, 3.8) is 0 Å². The maximum absolute atomic E-state index is 12.5. The van der Waals surface area contributed by atoms with Gasteiger partial charge in [-0.15, -0.1) is 0 Å². The van der Waals surface area contributed by atoms with Gasteiger partial charge in [-0.05, 0) is 47.3 Å². The molecule has 2 fully saturated rings. The van der Waals surface area contributed by atoms with Crippen LogP contribution in [0, 0.1) is 5.92 Å². The lowest BCUT2D eigenvalue weighted by Crippen LogP contribution is -2.38. The van der Waals surface area contributed by atoms with E-state index >= 15 is 0 Å². The topological polar surface area (TPSA) is 70.5 Å². The average Bonchev–Trinajstić information content (AvgIpc) is 2.95. The van der Waals surface area contributed by atoms with Crippen LogP contribution in [0.15, 0.2) is 22.8 Å². The first-order chi connectivity index (χ1) is 9.08. The van der Waals surface area contributed by atoms with Crippen LogP contribution < -0.4 is 0 Å².